The van der Waals surface area contributed by atoms with E-state index in [1.165, 1.54) is 6.07 Å². The number of ether oxygens (including phenoxy) is 1. The van der Waals surface area contributed by atoms with Crippen molar-refractivity contribution < 1.29 is 19.0 Å². The Balaban J connectivity index is 1.72. The largest absolute Gasteiger partial charge is 0.487 e. The Hall–Kier alpha value is -3.26. The fraction of sp³-hybridized carbons (Fsp3) is 0.321. The maximum Gasteiger partial charge on any atom is 0.310 e. The minimum Gasteiger partial charge on any atom is -0.487 e. The second kappa shape index (κ2) is 10.8. The van der Waals surface area contributed by atoms with Gasteiger partial charge in [0.1, 0.15) is 29.7 Å². The normalized spacial score (nSPS) is 11.7. The average Bonchev–Trinajstić information content (AvgIpc) is 3.19. The number of imidazole rings is 1. The molecular weight excluding hydrogens is 525 g/mol. The number of hydrogen-bond acceptors (Lipinski definition) is 4. The zero-order valence-electron chi connectivity index (χ0n) is 20.6. The van der Waals surface area contributed by atoms with Crippen LogP contribution in [0.4, 0.5) is 4.39 Å². The molecule has 188 valence electrons. The van der Waals surface area contributed by atoms with Gasteiger partial charge >= 0.3 is 5.97 Å². The highest BCUT2D eigenvalue weighted by atomic mass is 79.9. The van der Waals surface area contributed by atoms with Crippen molar-refractivity contribution in [1.29, 1.82) is 0 Å². The van der Waals surface area contributed by atoms with Gasteiger partial charge < -0.3 is 14.4 Å². The van der Waals surface area contributed by atoms with Crippen LogP contribution in [0.3, 0.4) is 0 Å². The molecule has 0 aliphatic rings. The first kappa shape index (κ1) is 25.8. The molecule has 8 heteroatoms. The summed E-state index contributed by atoms with van der Waals surface area (Å²) >= 11 is 3.47. The van der Waals surface area contributed by atoms with E-state index in [2.05, 4.69) is 25.5 Å². The van der Waals surface area contributed by atoms with Gasteiger partial charge in [0.05, 0.1) is 16.4 Å². The van der Waals surface area contributed by atoms with Gasteiger partial charge in [0, 0.05) is 29.7 Å². The van der Waals surface area contributed by atoms with Gasteiger partial charge in [-0.2, -0.15) is 0 Å². The maximum atomic E-state index is 14.2. The minimum atomic E-state index is -0.896. The molecule has 0 spiro atoms. The molecule has 0 amide bonds. The van der Waals surface area contributed by atoms with Gasteiger partial charge in [0.2, 0.25) is 0 Å². The first-order chi connectivity index (χ1) is 17.2. The standard InChI is InChI=1S/C28H29BrFN3O3/c1-4-28(5-2,27(34)35)14-26-32-23-11-10-21(36-17-24-22(30)12-18(3)15-31-24)13-25(23)33(26)16-19-6-8-20(29)9-7-19/h6-13,15H,4-5,14,16-17H2,1-3H3,(H,34,35). The van der Waals surface area contributed by atoms with E-state index in [9.17, 15) is 14.3 Å². The van der Waals surface area contributed by atoms with E-state index in [-0.39, 0.29) is 12.3 Å². The third-order valence-electron chi connectivity index (χ3n) is 6.79. The number of rotatable bonds is 10. The summed E-state index contributed by atoms with van der Waals surface area (Å²) < 4.78 is 23.2. The molecule has 36 heavy (non-hydrogen) atoms. The fourth-order valence-corrected chi connectivity index (χ4v) is 4.59. The lowest BCUT2D eigenvalue weighted by Crippen LogP contribution is -2.33. The summed E-state index contributed by atoms with van der Waals surface area (Å²) in [5.74, 6) is 0.0554. The number of benzene rings is 2. The summed E-state index contributed by atoms with van der Waals surface area (Å²) in [6.45, 7) is 6.13. The van der Waals surface area contributed by atoms with Crippen molar-refractivity contribution in [2.75, 3.05) is 0 Å². The van der Waals surface area contributed by atoms with E-state index in [1.54, 1.807) is 19.2 Å². The minimum absolute atomic E-state index is 0.000872. The summed E-state index contributed by atoms with van der Waals surface area (Å²) in [6, 6.07) is 15.0. The number of aryl methyl sites for hydroxylation is 1. The highest BCUT2D eigenvalue weighted by molar-refractivity contribution is 9.10. The van der Waals surface area contributed by atoms with Crippen LogP contribution in [-0.4, -0.2) is 25.6 Å². The fourth-order valence-electron chi connectivity index (χ4n) is 4.33. The van der Waals surface area contributed by atoms with Crippen LogP contribution in [-0.2, 0) is 24.4 Å². The number of hydrogen-bond donors (Lipinski definition) is 1. The van der Waals surface area contributed by atoms with E-state index < -0.39 is 17.2 Å². The Labute approximate surface area is 218 Å². The van der Waals surface area contributed by atoms with Crippen molar-refractivity contribution >= 4 is 32.9 Å². The Morgan fingerprint density at radius 2 is 1.86 bits per heavy atom. The molecule has 0 aliphatic heterocycles. The molecule has 1 N–H and O–H groups in total. The molecule has 0 atom stereocenters. The van der Waals surface area contributed by atoms with E-state index in [1.807, 2.05) is 50.2 Å². The van der Waals surface area contributed by atoms with Crippen LogP contribution in [0, 0.1) is 18.2 Å². The molecule has 2 heterocycles. The molecular formula is C28H29BrFN3O3. The number of halogens is 2. The molecule has 4 aromatic rings. The van der Waals surface area contributed by atoms with Gasteiger partial charge in [-0.05, 0) is 61.2 Å². The molecule has 0 unspecified atom stereocenters. The second-order valence-corrected chi connectivity index (χ2v) is 10.0. The number of carbonyl (C=O) groups is 1. The van der Waals surface area contributed by atoms with Crippen LogP contribution >= 0.6 is 15.9 Å². The highest BCUT2D eigenvalue weighted by Crippen LogP contribution is 2.33. The van der Waals surface area contributed by atoms with Gasteiger partial charge in [0.25, 0.3) is 0 Å². The number of carboxylic acids is 1. The molecule has 0 radical (unpaired) electrons. The van der Waals surface area contributed by atoms with Crippen LogP contribution in [0.5, 0.6) is 5.75 Å². The zero-order chi connectivity index (χ0) is 25.9. The Bertz CT molecular complexity index is 1380. The Kier molecular flexibility index (Phi) is 7.73. The Morgan fingerprint density at radius 3 is 2.50 bits per heavy atom. The summed E-state index contributed by atoms with van der Waals surface area (Å²) in [5, 5.41) is 10.0. The molecule has 6 nitrogen and oxygen atoms in total. The predicted octanol–water partition coefficient (Wildman–Crippen LogP) is 6.70. The zero-order valence-corrected chi connectivity index (χ0v) is 22.2. The lowest BCUT2D eigenvalue weighted by molar-refractivity contribution is -0.149. The van der Waals surface area contributed by atoms with Crippen LogP contribution < -0.4 is 4.74 Å². The highest BCUT2D eigenvalue weighted by Gasteiger charge is 2.36. The SMILES string of the molecule is CCC(CC)(Cc1nc2ccc(OCc3ncc(C)cc3F)cc2n1Cc1ccc(Br)cc1)C(=O)O. The van der Waals surface area contributed by atoms with Gasteiger partial charge in [0.15, 0.2) is 0 Å². The van der Waals surface area contributed by atoms with Crippen molar-refractivity contribution in [3.63, 3.8) is 0 Å². The van der Waals surface area contributed by atoms with Gasteiger partial charge in [-0.15, -0.1) is 0 Å². The number of carboxylic acid groups (broad SMARTS) is 1. The van der Waals surface area contributed by atoms with Crippen LogP contribution in [0.25, 0.3) is 11.0 Å². The molecule has 0 saturated heterocycles. The van der Waals surface area contributed by atoms with Gasteiger partial charge in [-0.25, -0.2) is 9.37 Å². The van der Waals surface area contributed by atoms with Crippen LogP contribution in [0.15, 0.2) is 59.2 Å². The first-order valence-electron chi connectivity index (χ1n) is 12.0. The van der Waals surface area contributed by atoms with Crippen molar-refractivity contribution in [3.8, 4) is 5.75 Å². The molecule has 0 aliphatic carbocycles. The van der Waals surface area contributed by atoms with E-state index in [4.69, 9.17) is 9.72 Å². The van der Waals surface area contributed by atoms with Gasteiger partial charge in [-0.1, -0.05) is 41.9 Å². The smallest absolute Gasteiger partial charge is 0.310 e. The van der Waals surface area contributed by atoms with Crippen LogP contribution in [0.2, 0.25) is 0 Å². The summed E-state index contributed by atoms with van der Waals surface area (Å²) in [7, 11) is 0. The number of fused-ring (bicyclic) bond motifs is 1. The number of aliphatic carboxylic acids is 1. The van der Waals surface area contributed by atoms with E-state index in [0.717, 1.165) is 26.6 Å². The monoisotopic (exact) mass is 553 g/mol. The molecule has 2 aromatic heterocycles. The molecule has 4 rings (SSSR count). The van der Waals surface area contributed by atoms with Crippen molar-refractivity contribution in [1.82, 2.24) is 14.5 Å². The summed E-state index contributed by atoms with van der Waals surface area (Å²) in [5.41, 5.74) is 2.73. The van der Waals surface area contributed by atoms with Crippen molar-refractivity contribution in [2.24, 2.45) is 5.41 Å². The van der Waals surface area contributed by atoms with E-state index >= 15 is 0 Å². The second-order valence-electron chi connectivity index (χ2n) is 9.09. The number of aromatic nitrogens is 3. The molecule has 0 bridgehead atoms. The Morgan fingerprint density at radius 1 is 1.14 bits per heavy atom. The van der Waals surface area contributed by atoms with Crippen molar-refractivity contribution in [2.45, 2.75) is 53.2 Å². The van der Waals surface area contributed by atoms with Gasteiger partial charge in [-0.3, -0.25) is 9.78 Å². The lowest BCUT2D eigenvalue weighted by Gasteiger charge is -2.26. The summed E-state index contributed by atoms with van der Waals surface area (Å²) in [4.78, 5) is 21.2. The number of nitrogens with zero attached hydrogens (tertiary/aromatic N) is 3. The maximum absolute atomic E-state index is 14.2. The predicted molar refractivity (Wildman–Crippen MR) is 141 cm³/mol. The third kappa shape index (κ3) is 5.43. The number of pyridine rings is 1. The van der Waals surface area contributed by atoms with Crippen molar-refractivity contribution in [3.05, 3.63) is 87.7 Å². The molecule has 2 aromatic carbocycles. The summed E-state index contributed by atoms with van der Waals surface area (Å²) in [6.07, 6.45) is 2.93. The topological polar surface area (TPSA) is 77.2 Å². The molecule has 0 fully saturated rings. The van der Waals surface area contributed by atoms with E-state index in [0.29, 0.717) is 37.4 Å². The molecule has 0 saturated carbocycles. The third-order valence-corrected chi connectivity index (χ3v) is 7.31. The lowest BCUT2D eigenvalue weighted by atomic mass is 9.79. The average molecular weight is 554 g/mol. The first-order valence-corrected chi connectivity index (χ1v) is 12.7. The van der Waals surface area contributed by atoms with Crippen LogP contribution in [0.1, 0.15) is 49.3 Å². The quantitative estimate of drug-likeness (QED) is 0.236.